The van der Waals surface area contributed by atoms with E-state index in [1.165, 1.54) is 31.7 Å². The van der Waals surface area contributed by atoms with Gasteiger partial charge in [-0.25, -0.2) is 4.39 Å². The Bertz CT molecular complexity index is 372. The molecule has 1 aromatic rings. The molecule has 0 bridgehead atoms. The summed E-state index contributed by atoms with van der Waals surface area (Å²) in [7, 11) is 0. The summed E-state index contributed by atoms with van der Waals surface area (Å²) in [6.07, 6.45) is 5.44. The van der Waals surface area contributed by atoms with Gasteiger partial charge in [0.2, 0.25) is 0 Å². The molecule has 0 amide bonds. The summed E-state index contributed by atoms with van der Waals surface area (Å²) >= 11 is 1.83. The summed E-state index contributed by atoms with van der Waals surface area (Å²) in [4.78, 5) is 1.15. The van der Waals surface area contributed by atoms with Crippen molar-refractivity contribution >= 4 is 11.8 Å². The van der Waals surface area contributed by atoms with Crippen molar-refractivity contribution in [1.29, 1.82) is 0 Å². The van der Waals surface area contributed by atoms with Gasteiger partial charge < -0.3 is 5.73 Å². The Morgan fingerprint density at radius 2 is 2.12 bits per heavy atom. The quantitative estimate of drug-likeness (QED) is 0.817. The van der Waals surface area contributed by atoms with Crippen molar-refractivity contribution in [3.63, 3.8) is 0 Å². The third-order valence-electron chi connectivity index (χ3n) is 3.41. The Balaban J connectivity index is 2.03. The fourth-order valence-corrected chi connectivity index (χ4v) is 3.72. The summed E-state index contributed by atoms with van der Waals surface area (Å²) in [5.41, 5.74) is 6.83. The molecule has 1 fully saturated rings. The fourth-order valence-electron chi connectivity index (χ4n) is 2.39. The molecule has 2 rings (SSSR count). The summed E-state index contributed by atoms with van der Waals surface area (Å²) in [5, 5.41) is 0. The highest BCUT2D eigenvalue weighted by Gasteiger charge is 2.16. The van der Waals surface area contributed by atoms with E-state index in [1.807, 2.05) is 24.8 Å². The van der Waals surface area contributed by atoms with E-state index in [1.54, 1.807) is 6.07 Å². The Morgan fingerprint density at radius 3 is 2.76 bits per heavy atom. The molecule has 0 unspecified atom stereocenters. The van der Waals surface area contributed by atoms with Crippen LogP contribution in [0, 0.1) is 11.7 Å². The van der Waals surface area contributed by atoms with Crippen LogP contribution in [0.4, 0.5) is 4.39 Å². The minimum atomic E-state index is -0.192. The van der Waals surface area contributed by atoms with Gasteiger partial charge in [-0.15, -0.1) is 11.8 Å². The molecule has 0 radical (unpaired) electrons. The maximum Gasteiger partial charge on any atom is 0.123 e. The molecule has 1 nitrogen and oxygen atoms in total. The zero-order valence-electron chi connectivity index (χ0n) is 10.3. The predicted octanol–water partition coefficient (Wildman–Crippen LogP) is 4.13. The second-order valence-electron chi connectivity index (χ2n) is 4.93. The van der Waals surface area contributed by atoms with E-state index in [0.29, 0.717) is 0 Å². The summed E-state index contributed by atoms with van der Waals surface area (Å²) in [6, 6.07) is 4.87. The zero-order chi connectivity index (χ0) is 12.3. The molecule has 3 heteroatoms. The van der Waals surface area contributed by atoms with E-state index >= 15 is 0 Å². The SMILES string of the molecule is C[C@@H](N)c1cc(F)ccc1SCC1CCCC1. The molecule has 0 aliphatic heterocycles. The molecule has 17 heavy (non-hydrogen) atoms. The van der Waals surface area contributed by atoms with Gasteiger partial charge in [-0.3, -0.25) is 0 Å². The molecule has 0 saturated heterocycles. The van der Waals surface area contributed by atoms with Crippen molar-refractivity contribution < 1.29 is 4.39 Å². The first-order chi connectivity index (χ1) is 8.16. The molecular weight excluding hydrogens is 233 g/mol. The Hall–Kier alpha value is -0.540. The van der Waals surface area contributed by atoms with Crippen LogP contribution in [0.25, 0.3) is 0 Å². The van der Waals surface area contributed by atoms with Crippen LogP contribution in [0.1, 0.15) is 44.2 Å². The van der Waals surface area contributed by atoms with Gasteiger partial charge in [-0.05, 0) is 49.4 Å². The van der Waals surface area contributed by atoms with Crippen LogP contribution in [-0.2, 0) is 0 Å². The average Bonchev–Trinajstić information content (AvgIpc) is 2.80. The normalized spacial score (nSPS) is 18.5. The topological polar surface area (TPSA) is 26.0 Å². The molecule has 0 aromatic heterocycles. The molecule has 1 saturated carbocycles. The maximum absolute atomic E-state index is 13.2. The Morgan fingerprint density at radius 1 is 1.41 bits per heavy atom. The van der Waals surface area contributed by atoms with E-state index in [0.717, 1.165) is 22.1 Å². The summed E-state index contributed by atoms with van der Waals surface area (Å²) in [5.74, 6) is 1.79. The fraction of sp³-hybridized carbons (Fsp3) is 0.571. The van der Waals surface area contributed by atoms with Crippen molar-refractivity contribution in [2.75, 3.05) is 5.75 Å². The lowest BCUT2D eigenvalue weighted by atomic mass is 10.1. The number of hydrogen-bond acceptors (Lipinski definition) is 2. The van der Waals surface area contributed by atoms with Gasteiger partial charge in [-0.1, -0.05) is 12.8 Å². The number of rotatable bonds is 4. The average molecular weight is 253 g/mol. The van der Waals surface area contributed by atoms with Crippen LogP contribution in [0.3, 0.4) is 0 Å². The minimum absolute atomic E-state index is 0.100. The first-order valence-electron chi connectivity index (χ1n) is 6.34. The number of halogens is 1. The van der Waals surface area contributed by atoms with Crippen LogP contribution in [-0.4, -0.2) is 5.75 Å². The van der Waals surface area contributed by atoms with Crippen molar-refractivity contribution in [3.05, 3.63) is 29.6 Å². The van der Waals surface area contributed by atoms with E-state index in [9.17, 15) is 4.39 Å². The van der Waals surface area contributed by atoms with E-state index in [2.05, 4.69) is 0 Å². The lowest BCUT2D eigenvalue weighted by Gasteiger charge is -2.14. The van der Waals surface area contributed by atoms with Crippen LogP contribution in [0.15, 0.2) is 23.1 Å². The van der Waals surface area contributed by atoms with Gasteiger partial charge in [0.15, 0.2) is 0 Å². The van der Waals surface area contributed by atoms with Gasteiger partial charge in [0.05, 0.1) is 0 Å². The first kappa shape index (κ1) is 12.9. The number of nitrogens with two attached hydrogens (primary N) is 1. The Kier molecular flexibility index (Phi) is 4.46. The summed E-state index contributed by atoms with van der Waals surface area (Å²) in [6.45, 7) is 1.91. The van der Waals surface area contributed by atoms with Crippen LogP contribution >= 0.6 is 11.8 Å². The van der Waals surface area contributed by atoms with Crippen molar-refractivity contribution in [2.45, 2.75) is 43.5 Å². The maximum atomic E-state index is 13.2. The molecule has 0 heterocycles. The van der Waals surface area contributed by atoms with E-state index < -0.39 is 0 Å². The highest BCUT2D eigenvalue weighted by molar-refractivity contribution is 7.99. The lowest BCUT2D eigenvalue weighted by molar-refractivity contribution is 0.617. The second-order valence-corrected chi connectivity index (χ2v) is 5.99. The molecule has 1 aromatic carbocycles. The number of thioether (sulfide) groups is 1. The van der Waals surface area contributed by atoms with Gasteiger partial charge in [-0.2, -0.15) is 0 Å². The minimum Gasteiger partial charge on any atom is -0.324 e. The molecule has 1 atom stereocenters. The van der Waals surface area contributed by atoms with Gasteiger partial charge in [0.1, 0.15) is 5.82 Å². The van der Waals surface area contributed by atoms with Crippen LogP contribution in [0.5, 0.6) is 0 Å². The highest BCUT2D eigenvalue weighted by atomic mass is 32.2. The molecule has 2 N–H and O–H groups in total. The second kappa shape index (κ2) is 5.87. The molecule has 0 spiro atoms. The van der Waals surface area contributed by atoms with Gasteiger partial charge >= 0.3 is 0 Å². The van der Waals surface area contributed by atoms with Crippen LogP contribution in [0.2, 0.25) is 0 Å². The highest BCUT2D eigenvalue weighted by Crippen LogP contribution is 2.33. The third-order valence-corrected chi connectivity index (χ3v) is 4.73. The first-order valence-corrected chi connectivity index (χ1v) is 7.33. The number of benzene rings is 1. The molecule has 94 valence electrons. The van der Waals surface area contributed by atoms with Crippen molar-refractivity contribution in [2.24, 2.45) is 11.7 Å². The van der Waals surface area contributed by atoms with E-state index in [-0.39, 0.29) is 11.9 Å². The monoisotopic (exact) mass is 253 g/mol. The zero-order valence-corrected chi connectivity index (χ0v) is 11.1. The van der Waals surface area contributed by atoms with Gasteiger partial charge in [0.25, 0.3) is 0 Å². The van der Waals surface area contributed by atoms with Crippen LogP contribution < -0.4 is 5.73 Å². The Labute approximate surface area is 107 Å². The smallest absolute Gasteiger partial charge is 0.123 e. The number of hydrogen-bond donors (Lipinski definition) is 1. The van der Waals surface area contributed by atoms with Gasteiger partial charge in [0, 0.05) is 16.7 Å². The van der Waals surface area contributed by atoms with E-state index in [4.69, 9.17) is 5.73 Å². The third kappa shape index (κ3) is 3.46. The molecule has 1 aliphatic rings. The largest absolute Gasteiger partial charge is 0.324 e. The molecule has 1 aliphatic carbocycles. The lowest BCUT2D eigenvalue weighted by Crippen LogP contribution is -2.07. The standard InChI is InChI=1S/C14H20FNS/c1-10(16)13-8-12(15)6-7-14(13)17-9-11-4-2-3-5-11/h6-8,10-11H,2-5,9,16H2,1H3/t10-/m1/s1. The van der Waals surface area contributed by atoms with Crippen molar-refractivity contribution in [1.82, 2.24) is 0 Å². The summed E-state index contributed by atoms with van der Waals surface area (Å²) < 4.78 is 13.2. The van der Waals surface area contributed by atoms with Crippen molar-refractivity contribution in [3.8, 4) is 0 Å². The molecular formula is C14H20FNS. The predicted molar refractivity (Wildman–Crippen MR) is 71.7 cm³/mol.